The molecule has 0 aromatic carbocycles. The third-order valence-electron chi connectivity index (χ3n) is 3.00. The van der Waals surface area contributed by atoms with E-state index in [4.69, 9.17) is 4.74 Å². The minimum Gasteiger partial charge on any atom is -0.501 e. The lowest BCUT2D eigenvalue weighted by molar-refractivity contribution is 0.231. The minimum absolute atomic E-state index is 0.345. The number of hydrogen-bond acceptors (Lipinski definition) is 3. The molecular weight excluding hydrogens is 236 g/mol. The number of hydrogen-bond donors (Lipinski definition) is 0. The van der Waals surface area contributed by atoms with Crippen molar-refractivity contribution in [1.82, 2.24) is 0 Å². The van der Waals surface area contributed by atoms with Crippen LogP contribution >= 0.6 is 0 Å². The molecule has 0 saturated carbocycles. The van der Waals surface area contributed by atoms with Crippen molar-refractivity contribution in [2.24, 2.45) is 5.92 Å². The minimum atomic E-state index is -2.78. The third kappa shape index (κ3) is 6.71. The third-order valence-corrected chi connectivity index (χ3v) is 4.89. The van der Waals surface area contributed by atoms with Crippen LogP contribution in [-0.4, -0.2) is 26.5 Å². The second kappa shape index (κ2) is 7.04. The molecule has 1 aliphatic heterocycles. The van der Waals surface area contributed by atoms with Gasteiger partial charge in [0, 0.05) is 0 Å². The molecule has 0 spiro atoms. The van der Waals surface area contributed by atoms with Crippen LogP contribution in [0.25, 0.3) is 0 Å². The Balaban J connectivity index is 2.24. The molecule has 1 aliphatic rings. The number of ether oxygens (including phenoxy) is 1. The summed E-state index contributed by atoms with van der Waals surface area (Å²) in [5, 5.41) is 0. The number of allylic oxidation sites excluding steroid dienone is 1. The second-order valence-electron chi connectivity index (χ2n) is 5.18. The zero-order chi connectivity index (χ0) is 12.7. The van der Waals surface area contributed by atoms with Crippen LogP contribution in [-0.2, 0) is 14.6 Å². The molecule has 0 aromatic rings. The second-order valence-corrected chi connectivity index (χ2v) is 7.41. The summed E-state index contributed by atoms with van der Waals surface area (Å²) in [6, 6.07) is 0. The SMILES string of the molecule is CC(C)=COCCCC1CCCCS(=O)(=O)C1. The first-order valence-corrected chi connectivity index (χ1v) is 8.27. The van der Waals surface area contributed by atoms with Gasteiger partial charge in [-0.05, 0) is 51.0 Å². The van der Waals surface area contributed by atoms with E-state index < -0.39 is 9.84 Å². The Morgan fingerprint density at radius 3 is 2.82 bits per heavy atom. The zero-order valence-corrected chi connectivity index (χ0v) is 11.8. The molecule has 0 radical (unpaired) electrons. The van der Waals surface area contributed by atoms with E-state index in [1.165, 1.54) is 0 Å². The lowest BCUT2D eigenvalue weighted by Gasteiger charge is -2.13. The predicted octanol–water partition coefficient (Wildman–Crippen LogP) is 2.92. The van der Waals surface area contributed by atoms with E-state index in [1.807, 2.05) is 13.8 Å². The molecule has 3 nitrogen and oxygen atoms in total. The molecular formula is C13H24O3S. The summed E-state index contributed by atoms with van der Waals surface area (Å²) in [5.41, 5.74) is 1.15. The molecule has 17 heavy (non-hydrogen) atoms. The van der Waals surface area contributed by atoms with Crippen LogP contribution in [0.1, 0.15) is 46.0 Å². The highest BCUT2D eigenvalue weighted by atomic mass is 32.2. The average molecular weight is 260 g/mol. The number of rotatable bonds is 5. The first-order chi connectivity index (χ1) is 7.99. The molecule has 1 rings (SSSR count). The molecule has 0 amide bonds. The highest BCUT2D eigenvalue weighted by molar-refractivity contribution is 7.91. The summed E-state index contributed by atoms with van der Waals surface area (Å²) in [6.45, 7) is 4.69. The Morgan fingerprint density at radius 1 is 1.35 bits per heavy atom. The van der Waals surface area contributed by atoms with Crippen LogP contribution in [0.3, 0.4) is 0 Å². The standard InChI is InChI=1S/C13H24O3S/c1-12(2)10-16-8-5-7-13-6-3-4-9-17(14,15)11-13/h10,13H,3-9,11H2,1-2H3. The van der Waals surface area contributed by atoms with Crippen LogP contribution in [0.15, 0.2) is 11.8 Å². The van der Waals surface area contributed by atoms with Gasteiger partial charge in [0.15, 0.2) is 9.84 Å². The van der Waals surface area contributed by atoms with Crippen LogP contribution in [0.4, 0.5) is 0 Å². The van der Waals surface area contributed by atoms with Gasteiger partial charge in [-0.25, -0.2) is 8.42 Å². The van der Waals surface area contributed by atoms with Gasteiger partial charge in [-0.15, -0.1) is 0 Å². The van der Waals surface area contributed by atoms with Crippen molar-refractivity contribution in [1.29, 1.82) is 0 Å². The maximum Gasteiger partial charge on any atom is 0.150 e. The van der Waals surface area contributed by atoms with E-state index in [0.717, 1.165) is 37.7 Å². The maximum atomic E-state index is 11.6. The quantitative estimate of drug-likeness (QED) is 0.564. The van der Waals surface area contributed by atoms with Crippen molar-refractivity contribution in [3.05, 3.63) is 11.8 Å². The van der Waals surface area contributed by atoms with E-state index in [0.29, 0.717) is 24.0 Å². The van der Waals surface area contributed by atoms with Gasteiger partial charge in [0.25, 0.3) is 0 Å². The lowest BCUT2D eigenvalue weighted by atomic mass is 9.99. The van der Waals surface area contributed by atoms with E-state index in [9.17, 15) is 8.42 Å². The van der Waals surface area contributed by atoms with Gasteiger partial charge < -0.3 is 4.74 Å². The van der Waals surface area contributed by atoms with Gasteiger partial charge in [-0.1, -0.05) is 6.42 Å². The highest BCUT2D eigenvalue weighted by Crippen LogP contribution is 2.22. The molecule has 1 heterocycles. The Morgan fingerprint density at radius 2 is 2.12 bits per heavy atom. The molecule has 4 heteroatoms. The van der Waals surface area contributed by atoms with E-state index >= 15 is 0 Å². The molecule has 0 N–H and O–H groups in total. The Kier molecular flexibility index (Phi) is 6.03. The molecule has 1 atom stereocenters. The molecule has 0 aliphatic carbocycles. The normalized spacial score (nSPS) is 23.8. The Bertz CT molecular complexity index is 340. The fourth-order valence-electron chi connectivity index (χ4n) is 2.19. The highest BCUT2D eigenvalue weighted by Gasteiger charge is 2.22. The molecule has 100 valence electrons. The summed E-state index contributed by atoms with van der Waals surface area (Å²) in [4.78, 5) is 0. The van der Waals surface area contributed by atoms with Gasteiger partial charge in [-0.3, -0.25) is 0 Å². The summed E-state index contributed by atoms with van der Waals surface area (Å²) in [6.07, 6.45) is 6.64. The molecule has 1 unspecified atom stereocenters. The number of sulfone groups is 1. The summed E-state index contributed by atoms with van der Waals surface area (Å²) in [5.74, 6) is 1.12. The Hall–Kier alpha value is -0.510. The van der Waals surface area contributed by atoms with Crippen LogP contribution in [0.5, 0.6) is 0 Å². The predicted molar refractivity (Wildman–Crippen MR) is 70.6 cm³/mol. The summed E-state index contributed by atoms with van der Waals surface area (Å²) >= 11 is 0. The smallest absolute Gasteiger partial charge is 0.150 e. The maximum absolute atomic E-state index is 11.6. The molecule has 1 saturated heterocycles. The molecule has 0 aromatic heterocycles. The fraction of sp³-hybridized carbons (Fsp3) is 0.846. The lowest BCUT2D eigenvalue weighted by Crippen LogP contribution is -2.16. The fourth-order valence-corrected chi connectivity index (χ4v) is 4.05. The molecule has 0 bridgehead atoms. The molecule has 1 fully saturated rings. The van der Waals surface area contributed by atoms with Gasteiger partial charge in [0.1, 0.15) is 0 Å². The largest absolute Gasteiger partial charge is 0.501 e. The van der Waals surface area contributed by atoms with Crippen molar-refractivity contribution in [3.63, 3.8) is 0 Å². The zero-order valence-electron chi connectivity index (χ0n) is 10.9. The van der Waals surface area contributed by atoms with Crippen molar-refractivity contribution >= 4 is 9.84 Å². The Labute approximate surface area is 105 Å². The van der Waals surface area contributed by atoms with Crippen molar-refractivity contribution < 1.29 is 13.2 Å². The van der Waals surface area contributed by atoms with Crippen LogP contribution < -0.4 is 0 Å². The van der Waals surface area contributed by atoms with Crippen molar-refractivity contribution in [3.8, 4) is 0 Å². The van der Waals surface area contributed by atoms with E-state index in [1.54, 1.807) is 6.26 Å². The first-order valence-electron chi connectivity index (χ1n) is 6.45. The summed E-state index contributed by atoms with van der Waals surface area (Å²) in [7, 11) is -2.78. The van der Waals surface area contributed by atoms with Crippen LogP contribution in [0, 0.1) is 5.92 Å². The van der Waals surface area contributed by atoms with Crippen molar-refractivity contribution in [2.45, 2.75) is 46.0 Å². The van der Waals surface area contributed by atoms with Crippen molar-refractivity contribution in [2.75, 3.05) is 18.1 Å². The average Bonchev–Trinajstić information content (AvgIpc) is 2.38. The van der Waals surface area contributed by atoms with E-state index in [2.05, 4.69) is 0 Å². The monoisotopic (exact) mass is 260 g/mol. The van der Waals surface area contributed by atoms with Gasteiger partial charge in [0.2, 0.25) is 0 Å². The summed E-state index contributed by atoms with van der Waals surface area (Å²) < 4.78 is 28.6. The van der Waals surface area contributed by atoms with E-state index in [-0.39, 0.29) is 0 Å². The van der Waals surface area contributed by atoms with Gasteiger partial charge >= 0.3 is 0 Å². The van der Waals surface area contributed by atoms with Gasteiger partial charge in [-0.2, -0.15) is 0 Å². The first kappa shape index (κ1) is 14.6. The van der Waals surface area contributed by atoms with Gasteiger partial charge in [0.05, 0.1) is 24.4 Å². The van der Waals surface area contributed by atoms with Crippen LogP contribution in [0.2, 0.25) is 0 Å². The topological polar surface area (TPSA) is 43.4 Å².